The van der Waals surface area contributed by atoms with E-state index < -0.39 is 29.7 Å². The third-order valence-electron chi connectivity index (χ3n) is 4.37. The largest absolute Gasteiger partial charge is 0.491 e. The van der Waals surface area contributed by atoms with E-state index in [9.17, 15) is 27.9 Å². The van der Waals surface area contributed by atoms with Gasteiger partial charge < -0.3 is 29.6 Å². The van der Waals surface area contributed by atoms with Crippen LogP contribution in [0.5, 0.6) is 11.5 Å². The van der Waals surface area contributed by atoms with Crippen LogP contribution in [0.4, 0.5) is 18.9 Å². The van der Waals surface area contributed by atoms with Gasteiger partial charge in [-0.15, -0.1) is 0 Å². The predicted octanol–water partition coefficient (Wildman–Crippen LogP) is 3.49. The molecule has 3 rings (SSSR count). The predicted molar refractivity (Wildman–Crippen MR) is 115 cm³/mol. The molecule has 3 aromatic rings. The number of benzene rings is 2. The van der Waals surface area contributed by atoms with Gasteiger partial charge in [-0.2, -0.15) is 13.2 Å². The maximum absolute atomic E-state index is 12.6. The quantitative estimate of drug-likeness (QED) is 0.412. The smallest absolute Gasteiger partial charge is 0.416 e. The Kier molecular flexibility index (Phi) is 8.14. The van der Waals surface area contributed by atoms with Gasteiger partial charge in [-0.05, 0) is 48.5 Å². The van der Waals surface area contributed by atoms with Crippen molar-refractivity contribution in [3.63, 3.8) is 0 Å². The maximum Gasteiger partial charge on any atom is 0.416 e. The molecule has 0 spiro atoms. The Morgan fingerprint density at radius 3 is 2.44 bits per heavy atom. The molecule has 180 valence electrons. The van der Waals surface area contributed by atoms with Crippen LogP contribution < -0.4 is 20.1 Å². The molecule has 3 N–H and O–H groups in total. The van der Waals surface area contributed by atoms with Gasteiger partial charge in [-0.1, -0.05) is 6.07 Å². The van der Waals surface area contributed by atoms with E-state index in [4.69, 9.17) is 13.9 Å². The molecule has 1 atom stereocenters. The number of halogens is 3. The molecule has 2 aromatic carbocycles. The van der Waals surface area contributed by atoms with Crippen LogP contribution in [0.1, 0.15) is 16.1 Å². The number of anilines is 1. The summed E-state index contributed by atoms with van der Waals surface area (Å²) in [5.74, 6) is -0.322. The Hall–Kier alpha value is -3.99. The molecule has 2 amide bonds. The highest BCUT2D eigenvalue weighted by Gasteiger charge is 2.30. The number of aliphatic hydroxyl groups is 1. The minimum absolute atomic E-state index is 0.145. The molecule has 0 aliphatic heterocycles. The first-order chi connectivity index (χ1) is 16.2. The summed E-state index contributed by atoms with van der Waals surface area (Å²) in [5, 5.41) is 15.0. The van der Waals surface area contributed by atoms with E-state index in [0.29, 0.717) is 11.4 Å². The van der Waals surface area contributed by atoms with E-state index in [0.717, 1.165) is 24.3 Å². The second-order valence-electron chi connectivity index (χ2n) is 7.04. The highest BCUT2D eigenvalue weighted by molar-refractivity contribution is 6.02. The number of carbonyl (C=O) groups excluding carboxylic acids is 2. The molecule has 0 saturated heterocycles. The molecule has 1 unspecified atom stereocenters. The van der Waals surface area contributed by atoms with Crippen molar-refractivity contribution in [3.8, 4) is 11.5 Å². The number of nitrogens with one attached hydrogen (secondary N) is 2. The Balaban J connectivity index is 1.37. The van der Waals surface area contributed by atoms with Gasteiger partial charge in [0.05, 0.1) is 11.8 Å². The molecular weight excluding hydrogens is 457 g/mol. The number of hydrogen-bond acceptors (Lipinski definition) is 6. The molecule has 0 saturated carbocycles. The first-order valence-electron chi connectivity index (χ1n) is 10.0. The number of hydrogen-bond donors (Lipinski definition) is 3. The Bertz CT molecular complexity index is 1080. The number of furan rings is 1. The van der Waals surface area contributed by atoms with Crippen LogP contribution >= 0.6 is 0 Å². The maximum atomic E-state index is 12.6. The topological polar surface area (TPSA) is 110 Å². The average Bonchev–Trinajstić information content (AvgIpc) is 3.35. The number of alkyl halides is 3. The van der Waals surface area contributed by atoms with Crippen molar-refractivity contribution in [1.29, 1.82) is 0 Å². The van der Waals surface area contributed by atoms with Gasteiger partial charge in [0, 0.05) is 18.3 Å². The second-order valence-corrected chi connectivity index (χ2v) is 7.04. The van der Waals surface area contributed by atoms with Crippen LogP contribution in [0.3, 0.4) is 0 Å². The van der Waals surface area contributed by atoms with Crippen LogP contribution in [-0.2, 0) is 11.0 Å². The van der Waals surface area contributed by atoms with Gasteiger partial charge >= 0.3 is 6.18 Å². The van der Waals surface area contributed by atoms with Crippen LogP contribution in [0.15, 0.2) is 71.3 Å². The van der Waals surface area contributed by atoms with Gasteiger partial charge in [0.15, 0.2) is 12.4 Å². The van der Waals surface area contributed by atoms with Crippen molar-refractivity contribution < 1.29 is 41.8 Å². The summed E-state index contributed by atoms with van der Waals surface area (Å²) in [6, 6.07) is 13.5. The number of carbonyl (C=O) groups is 2. The first-order valence-corrected chi connectivity index (χ1v) is 10.0. The van der Waals surface area contributed by atoms with Gasteiger partial charge in [0.25, 0.3) is 11.8 Å². The number of aliphatic hydroxyl groups excluding tert-OH is 1. The highest BCUT2D eigenvalue weighted by Crippen LogP contribution is 2.30. The van der Waals surface area contributed by atoms with Crippen molar-refractivity contribution in [2.45, 2.75) is 12.3 Å². The molecule has 0 radical (unpaired) electrons. The Morgan fingerprint density at radius 2 is 1.76 bits per heavy atom. The molecule has 0 aliphatic carbocycles. The van der Waals surface area contributed by atoms with Gasteiger partial charge in [-0.3, -0.25) is 9.59 Å². The summed E-state index contributed by atoms with van der Waals surface area (Å²) in [4.78, 5) is 24.0. The van der Waals surface area contributed by atoms with Gasteiger partial charge in [0.1, 0.15) is 24.2 Å². The van der Waals surface area contributed by atoms with Gasteiger partial charge in [-0.25, -0.2) is 0 Å². The summed E-state index contributed by atoms with van der Waals surface area (Å²) in [6.07, 6.45) is -4.16. The zero-order valence-electron chi connectivity index (χ0n) is 17.7. The van der Waals surface area contributed by atoms with Crippen LogP contribution in [0.2, 0.25) is 0 Å². The molecule has 0 bridgehead atoms. The fraction of sp³-hybridized carbons (Fsp3) is 0.217. The lowest BCUT2D eigenvalue weighted by Gasteiger charge is -2.14. The van der Waals surface area contributed by atoms with Crippen molar-refractivity contribution in [1.82, 2.24) is 5.32 Å². The SMILES string of the molecule is O=C(COc1cccc(NC(=O)c2ccco2)c1)NCC(O)COc1ccc(C(F)(F)F)cc1. The van der Waals surface area contributed by atoms with Crippen LogP contribution in [0, 0.1) is 0 Å². The van der Waals surface area contributed by atoms with Crippen LogP contribution in [-0.4, -0.2) is 42.8 Å². The number of rotatable bonds is 10. The van der Waals surface area contributed by atoms with Gasteiger partial charge in [0.2, 0.25) is 0 Å². The normalized spacial score (nSPS) is 12.0. The minimum Gasteiger partial charge on any atom is -0.491 e. The average molecular weight is 478 g/mol. The van der Waals surface area contributed by atoms with Crippen molar-refractivity contribution >= 4 is 17.5 Å². The number of amides is 2. The Labute approximate surface area is 192 Å². The zero-order valence-corrected chi connectivity index (χ0v) is 17.7. The van der Waals surface area contributed by atoms with Crippen LogP contribution in [0.25, 0.3) is 0 Å². The molecule has 0 fully saturated rings. The molecule has 34 heavy (non-hydrogen) atoms. The minimum atomic E-state index is -4.44. The van der Waals surface area contributed by atoms with E-state index in [2.05, 4.69) is 10.6 Å². The van der Waals surface area contributed by atoms with Crippen molar-refractivity contribution in [2.24, 2.45) is 0 Å². The lowest BCUT2D eigenvalue weighted by Crippen LogP contribution is -2.37. The second kappa shape index (κ2) is 11.2. The number of ether oxygens (including phenoxy) is 2. The Morgan fingerprint density at radius 1 is 1.00 bits per heavy atom. The standard InChI is InChI=1S/C23H21F3N2O6/c24-23(25,26)15-6-8-18(9-7-15)33-13-17(29)12-27-21(30)14-34-19-4-1-3-16(11-19)28-22(31)20-5-2-10-32-20/h1-11,17,29H,12-14H2,(H,27,30)(H,28,31). The molecule has 8 nitrogen and oxygen atoms in total. The first kappa shape index (κ1) is 24.6. The lowest BCUT2D eigenvalue weighted by atomic mass is 10.2. The summed E-state index contributed by atoms with van der Waals surface area (Å²) in [5.41, 5.74) is -0.367. The molecule has 1 heterocycles. The molecular formula is C23H21F3N2O6. The molecule has 1 aromatic heterocycles. The summed E-state index contributed by atoms with van der Waals surface area (Å²) in [6.45, 7) is -0.728. The third kappa shape index (κ3) is 7.55. The van der Waals surface area contributed by atoms with E-state index in [1.807, 2.05) is 0 Å². The van der Waals surface area contributed by atoms with E-state index in [-0.39, 0.29) is 31.3 Å². The summed E-state index contributed by atoms with van der Waals surface area (Å²) >= 11 is 0. The summed E-state index contributed by atoms with van der Waals surface area (Å²) < 4.78 is 53.3. The summed E-state index contributed by atoms with van der Waals surface area (Å²) in [7, 11) is 0. The van der Waals surface area contributed by atoms with Crippen molar-refractivity contribution in [2.75, 3.05) is 25.1 Å². The highest BCUT2D eigenvalue weighted by atomic mass is 19.4. The van der Waals surface area contributed by atoms with E-state index >= 15 is 0 Å². The molecule has 11 heteroatoms. The van der Waals surface area contributed by atoms with Crippen molar-refractivity contribution in [3.05, 3.63) is 78.3 Å². The lowest BCUT2D eigenvalue weighted by molar-refractivity contribution is -0.137. The fourth-order valence-corrected chi connectivity index (χ4v) is 2.69. The fourth-order valence-electron chi connectivity index (χ4n) is 2.69. The zero-order chi connectivity index (χ0) is 24.6. The van der Waals surface area contributed by atoms with E-state index in [1.54, 1.807) is 24.3 Å². The monoisotopic (exact) mass is 478 g/mol. The third-order valence-corrected chi connectivity index (χ3v) is 4.37. The molecule has 0 aliphatic rings. The van der Waals surface area contributed by atoms with E-state index in [1.165, 1.54) is 18.4 Å².